The first-order chi connectivity index (χ1) is 13.0. The Balaban J connectivity index is 1.62. The van der Waals surface area contributed by atoms with Crippen LogP contribution in [0.3, 0.4) is 0 Å². The van der Waals surface area contributed by atoms with Crippen LogP contribution in [0.5, 0.6) is 5.75 Å². The van der Waals surface area contributed by atoms with Crippen LogP contribution in [0.15, 0.2) is 52.2 Å². The van der Waals surface area contributed by atoms with Gasteiger partial charge < -0.3 is 14.5 Å². The quantitative estimate of drug-likeness (QED) is 0.607. The average Bonchev–Trinajstić information content (AvgIpc) is 3.11. The van der Waals surface area contributed by atoms with E-state index in [1.165, 1.54) is 22.9 Å². The molecular weight excluding hydrogens is 360 g/mol. The molecule has 27 heavy (non-hydrogen) atoms. The van der Waals surface area contributed by atoms with Crippen LogP contribution in [0.2, 0.25) is 0 Å². The molecule has 0 fully saturated rings. The van der Waals surface area contributed by atoms with Crippen LogP contribution in [0.1, 0.15) is 16.7 Å². The first kappa shape index (κ1) is 19.0. The summed E-state index contributed by atoms with van der Waals surface area (Å²) in [6.07, 6.45) is 1.69. The smallest absolute Gasteiger partial charge is 0.256 e. The summed E-state index contributed by atoms with van der Waals surface area (Å²) in [6, 6.07) is 11.8. The molecule has 3 rings (SSSR count). The largest absolute Gasteiger partial charge is 0.495 e. The summed E-state index contributed by atoms with van der Waals surface area (Å²) in [5.74, 6) is 1.38. The number of aryl methyl sites for hydroxylation is 3. The number of nitrogens with zero attached hydrogens (tertiary/aromatic N) is 1. The van der Waals surface area contributed by atoms with Crippen molar-refractivity contribution in [1.82, 2.24) is 4.98 Å². The Morgan fingerprint density at radius 1 is 1.15 bits per heavy atom. The molecule has 0 aliphatic heterocycles. The molecule has 1 amide bonds. The number of carbonyl (C=O) groups excluding carboxylic acids is 1. The predicted octanol–water partition coefficient (Wildman–Crippen LogP) is 5.01. The molecule has 0 bridgehead atoms. The zero-order valence-electron chi connectivity index (χ0n) is 15.8. The molecule has 0 radical (unpaired) electrons. The molecule has 1 heterocycles. The van der Waals surface area contributed by atoms with Gasteiger partial charge in [-0.15, -0.1) is 0 Å². The van der Waals surface area contributed by atoms with E-state index in [9.17, 15) is 4.79 Å². The Labute approximate surface area is 163 Å². The van der Waals surface area contributed by atoms with Gasteiger partial charge >= 0.3 is 0 Å². The van der Waals surface area contributed by atoms with Gasteiger partial charge in [-0.05, 0) is 55.7 Å². The number of hydrogen-bond acceptors (Lipinski definition) is 5. The third kappa shape index (κ3) is 4.71. The monoisotopic (exact) mass is 382 g/mol. The van der Waals surface area contributed by atoms with Gasteiger partial charge in [0.25, 0.3) is 5.22 Å². The Hall–Kier alpha value is -2.73. The molecule has 1 aromatic heterocycles. The van der Waals surface area contributed by atoms with Crippen LogP contribution in [0.25, 0.3) is 11.3 Å². The van der Waals surface area contributed by atoms with Crippen molar-refractivity contribution < 1.29 is 13.9 Å². The summed E-state index contributed by atoms with van der Waals surface area (Å²) in [5, 5.41) is 3.34. The molecule has 0 aliphatic rings. The SMILES string of the molecule is COc1ccc(C)cc1NC(=O)CSc1ncc(-c2ccc(C)c(C)c2)o1. The van der Waals surface area contributed by atoms with Crippen molar-refractivity contribution in [2.45, 2.75) is 26.0 Å². The van der Waals surface area contributed by atoms with E-state index in [1.54, 1.807) is 13.3 Å². The van der Waals surface area contributed by atoms with E-state index in [0.717, 1.165) is 11.1 Å². The Morgan fingerprint density at radius 3 is 2.70 bits per heavy atom. The summed E-state index contributed by atoms with van der Waals surface area (Å²) in [7, 11) is 1.58. The van der Waals surface area contributed by atoms with E-state index < -0.39 is 0 Å². The maximum atomic E-state index is 12.3. The van der Waals surface area contributed by atoms with Crippen LogP contribution < -0.4 is 10.1 Å². The molecule has 1 N–H and O–H groups in total. The molecular formula is C21H22N2O3S. The third-order valence-electron chi connectivity index (χ3n) is 4.23. The maximum Gasteiger partial charge on any atom is 0.256 e. The van der Waals surface area contributed by atoms with E-state index in [1.807, 2.05) is 31.2 Å². The molecule has 0 spiro atoms. The maximum absolute atomic E-state index is 12.3. The molecule has 2 aromatic carbocycles. The van der Waals surface area contributed by atoms with Gasteiger partial charge in [-0.25, -0.2) is 4.98 Å². The minimum absolute atomic E-state index is 0.144. The second-order valence-corrected chi connectivity index (χ2v) is 7.26. The molecule has 0 saturated heterocycles. The molecule has 140 valence electrons. The number of oxazole rings is 1. The van der Waals surface area contributed by atoms with E-state index >= 15 is 0 Å². The van der Waals surface area contributed by atoms with E-state index in [-0.39, 0.29) is 11.7 Å². The number of nitrogens with one attached hydrogen (secondary N) is 1. The highest BCUT2D eigenvalue weighted by Crippen LogP contribution is 2.28. The van der Waals surface area contributed by atoms with Gasteiger partial charge in [-0.1, -0.05) is 30.0 Å². The Bertz CT molecular complexity index is 966. The van der Waals surface area contributed by atoms with Gasteiger partial charge in [-0.3, -0.25) is 4.79 Å². The van der Waals surface area contributed by atoms with Crippen LogP contribution in [0, 0.1) is 20.8 Å². The van der Waals surface area contributed by atoms with Crippen molar-refractivity contribution in [3.63, 3.8) is 0 Å². The number of amides is 1. The van der Waals surface area contributed by atoms with E-state index in [2.05, 4.69) is 36.3 Å². The molecule has 3 aromatic rings. The zero-order chi connectivity index (χ0) is 19.4. The second kappa shape index (κ2) is 8.31. The van der Waals surface area contributed by atoms with Gasteiger partial charge in [0.05, 0.1) is 24.7 Å². The van der Waals surface area contributed by atoms with Crippen molar-refractivity contribution in [3.05, 3.63) is 59.3 Å². The van der Waals surface area contributed by atoms with Crippen LogP contribution in [0.4, 0.5) is 5.69 Å². The Morgan fingerprint density at radius 2 is 1.96 bits per heavy atom. The molecule has 0 saturated carbocycles. The fourth-order valence-corrected chi connectivity index (χ4v) is 3.19. The van der Waals surface area contributed by atoms with Crippen molar-refractivity contribution >= 4 is 23.4 Å². The fraction of sp³-hybridized carbons (Fsp3) is 0.238. The third-order valence-corrected chi connectivity index (χ3v) is 5.07. The fourth-order valence-electron chi connectivity index (χ4n) is 2.59. The number of rotatable bonds is 6. The summed E-state index contributed by atoms with van der Waals surface area (Å²) < 4.78 is 11.1. The lowest BCUT2D eigenvalue weighted by molar-refractivity contribution is -0.113. The highest BCUT2D eigenvalue weighted by Gasteiger charge is 2.12. The number of aromatic nitrogens is 1. The summed E-state index contributed by atoms with van der Waals surface area (Å²) in [6.45, 7) is 6.10. The second-order valence-electron chi connectivity index (χ2n) is 6.33. The predicted molar refractivity (Wildman–Crippen MR) is 108 cm³/mol. The van der Waals surface area contributed by atoms with Gasteiger partial charge in [-0.2, -0.15) is 0 Å². The molecule has 5 nitrogen and oxygen atoms in total. The van der Waals surface area contributed by atoms with Crippen molar-refractivity contribution in [2.75, 3.05) is 18.2 Å². The summed E-state index contributed by atoms with van der Waals surface area (Å²) in [5.41, 5.74) is 5.11. The molecule has 0 aliphatic carbocycles. The average molecular weight is 382 g/mol. The van der Waals surface area contributed by atoms with Gasteiger partial charge in [0, 0.05) is 5.56 Å². The first-order valence-electron chi connectivity index (χ1n) is 8.57. The lowest BCUT2D eigenvalue weighted by atomic mass is 10.1. The first-order valence-corrected chi connectivity index (χ1v) is 9.55. The van der Waals surface area contributed by atoms with Crippen molar-refractivity contribution in [3.8, 4) is 17.1 Å². The van der Waals surface area contributed by atoms with Gasteiger partial charge in [0.1, 0.15) is 5.75 Å². The van der Waals surface area contributed by atoms with Crippen LogP contribution in [-0.4, -0.2) is 23.8 Å². The van der Waals surface area contributed by atoms with Crippen molar-refractivity contribution in [1.29, 1.82) is 0 Å². The Kier molecular flexibility index (Phi) is 5.86. The number of carbonyl (C=O) groups is 1. The number of hydrogen-bond donors (Lipinski definition) is 1. The lowest BCUT2D eigenvalue weighted by Crippen LogP contribution is -2.14. The minimum atomic E-state index is -0.144. The number of methoxy groups -OCH3 is 1. The van der Waals surface area contributed by atoms with E-state index in [4.69, 9.17) is 9.15 Å². The van der Waals surface area contributed by atoms with Gasteiger partial charge in [0.15, 0.2) is 5.76 Å². The standard InChI is InChI=1S/C21H22N2O3S/c1-13-5-8-18(25-4)17(9-13)23-20(24)12-27-21-22-11-19(26-21)16-7-6-14(2)15(3)10-16/h5-11H,12H2,1-4H3,(H,23,24). The molecule has 0 unspecified atom stereocenters. The lowest BCUT2D eigenvalue weighted by Gasteiger charge is -2.10. The van der Waals surface area contributed by atoms with E-state index in [0.29, 0.717) is 22.4 Å². The summed E-state index contributed by atoms with van der Waals surface area (Å²) >= 11 is 1.26. The topological polar surface area (TPSA) is 64.4 Å². The van der Waals surface area contributed by atoms with Gasteiger partial charge in [0.2, 0.25) is 5.91 Å². The van der Waals surface area contributed by atoms with Crippen LogP contribution in [-0.2, 0) is 4.79 Å². The minimum Gasteiger partial charge on any atom is -0.495 e. The molecule has 0 atom stereocenters. The molecule has 6 heteroatoms. The zero-order valence-corrected chi connectivity index (χ0v) is 16.6. The number of benzene rings is 2. The number of ether oxygens (including phenoxy) is 1. The highest BCUT2D eigenvalue weighted by molar-refractivity contribution is 7.99. The normalized spacial score (nSPS) is 10.7. The van der Waals surface area contributed by atoms with Crippen LogP contribution >= 0.6 is 11.8 Å². The summed E-state index contributed by atoms with van der Waals surface area (Å²) in [4.78, 5) is 16.5. The highest BCUT2D eigenvalue weighted by atomic mass is 32.2. The number of anilines is 1. The van der Waals surface area contributed by atoms with Crippen molar-refractivity contribution in [2.24, 2.45) is 0 Å². The number of thioether (sulfide) groups is 1.